The molecule has 0 saturated heterocycles. The Hall–Kier alpha value is -3.23. The minimum Gasteiger partial charge on any atom is -0.343 e. The predicted molar refractivity (Wildman–Crippen MR) is 89.8 cm³/mol. The number of nitrogens with one attached hydrogen (secondary N) is 1. The third-order valence-corrected chi connectivity index (χ3v) is 3.97. The molecule has 2 amide bonds. The molecule has 140 valence electrons. The molecule has 2 aromatic rings. The third kappa shape index (κ3) is 4.69. The molecule has 0 bridgehead atoms. The van der Waals surface area contributed by atoms with Crippen LogP contribution in [0.5, 0.6) is 0 Å². The van der Waals surface area contributed by atoms with Gasteiger partial charge in [-0.15, -0.1) is 0 Å². The van der Waals surface area contributed by atoms with Gasteiger partial charge in [0.15, 0.2) is 0 Å². The van der Waals surface area contributed by atoms with Crippen LogP contribution in [-0.4, -0.2) is 33.2 Å². The SMILES string of the molecule is O=C(/C=C/c1ccc(C(F)(F)F)cc1)NCC(=O)N1Cc2nccnc2C1. The molecule has 27 heavy (non-hydrogen) atoms. The lowest BCUT2D eigenvalue weighted by molar-refractivity contribution is -0.137. The zero-order valence-corrected chi connectivity index (χ0v) is 14.0. The number of benzene rings is 1. The van der Waals surface area contributed by atoms with Crippen LogP contribution in [0, 0.1) is 0 Å². The van der Waals surface area contributed by atoms with Crippen molar-refractivity contribution < 1.29 is 22.8 Å². The molecule has 9 heteroatoms. The fourth-order valence-electron chi connectivity index (χ4n) is 2.54. The highest BCUT2D eigenvalue weighted by atomic mass is 19.4. The molecule has 1 aliphatic heterocycles. The van der Waals surface area contributed by atoms with Crippen molar-refractivity contribution >= 4 is 17.9 Å². The number of hydrogen-bond donors (Lipinski definition) is 1. The van der Waals surface area contributed by atoms with Crippen LogP contribution >= 0.6 is 0 Å². The van der Waals surface area contributed by atoms with E-state index < -0.39 is 17.6 Å². The Labute approximate surface area is 152 Å². The molecule has 3 rings (SSSR count). The minimum absolute atomic E-state index is 0.190. The maximum atomic E-state index is 12.5. The highest BCUT2D eigenvalue weighted by Crippen LogP contribution is 2.29. The molecule has 1 aromatic heterocycles. The van der Waals surface area contributed by atoms with Crippen molar-refractivity contribution in [1.82, 2.24) is 20.2 Å². The maximum Gasteiger partial charge on any atom is 0.416 e. The second-order valence-electron chi connectivity index (χ2n) is 5.87. The fraction of sp³-hybridized carbons (Fsp3) is 0.222. The number of carbonyl (C=O) groups excluding carboxylic acids is 2. The third-order valence-electron chi connectivity index (χ3n) is 3.97. The van der Waals surface area contributed by atoms with E-state index in [2.05, 4.69) is 15.3 Å². The lowest BCUT2D eigenvalue weighted by Crippen LogP contribution is -2.37. The smallest absolute Gasteiger partial charge is 0.343 e. The van der Waals surface area contributed by atoms with Gasteiger partial charge in [-0.2, -0.15) is 13.2 Å². The molecule has 0 atom stereocenters. The molecule has 0 spiro atoms. The zero-order valence-electron chi connectivity index (χ0n) is 14.0. The van der Waals surface area contributed by atoms with Crippen LogP contribution in [0.4, 0.5) is 13.2 Å². The van der Waals surface area contributed by atoms with Gasteiger partial charge in [0.2, 0.25) is 11.8 Å². The average molecular weight is 376 g/mol. The van der Waals surface area contributed by atoms with E-state index in [0.717, 1.165) is 29.6 Å². The lowest BCUT2D eigenvalue weighted by atomic mass is 10.1. The van der Waals surface area contributed by atoms with Crippen LogP contribution in [0.25, 0.3) is 6.08 Å². The number of rotatable bonds is 4. The molecule has 0 radical (unpaired) electrons. The minimum atomic E-state index is -4.40. The summed E-state index contributed by atoms with van der Waals surface area (Å²) in [4.78, 5) is 33.8. The van der Waals surface area contributed by atoms with Gasteiger partial charge in [-0.3, -0.25) is 19.6 Å². The summed E-state index contributed by atoms with van der Waals surface area (Å²) in [6, 6.07) is 4.40. The van der Waals surface area contributed by atoms with E-state index in [1.165, 1.54) is 23.1 Å². The monoisotopic (exact) mass is 376 g/mol. The summed E-state index contributed by atoms with van der Waals surface area (Å²) in [6.07, 6.45) is 1.25. The molecule has 2 heterocycles. The fourth-order valence-corrected chi connectivity index (χ4v) is 2.54. The molecule has 1 N–H and O–H groups in total. The Morgan fingerprint density at radius 3 is 2.22 bits per heavy atom. The van der Waals surface area contributed by atoms with Crippen molar-refractivity contribution in [2.45, 2.75) is 19.3 Å². The Morgan fingerprint density at radius 1 is 1.07 bits per heavy atom. The van der Waals surface area contributed by atoms with Gasteiger partial charge < -0.3 is 10.2 Å². The Morgan fingerprint density at radius 2 is 1.67 bits per heavy atom. The van der Waals surface area contributed by atoms with Crippen molar-refractivity contribution in [3.63, 3.8) is 0 Å². The molecule has 1 aromatic carbocycles. The van der Waals surface area contributed by atoms with Gasteiger partial charge in [0.05, 0.1) is 36.6 Å². The van der Waals surface area contributed by atoms with E-state index in [9.17, 15) is 22.8 Å². The summed E-state index contributed by atoms with van der Waals surface area (Å²) in [5, 5.41) is 2.45. The predicted octanol–water partition coefficient (Wildman–Crippen LogP) is 2.17. The van der Waals surface area contributed by atoms with E-state index in [1.807, 2.05) is 0 Å². The van der Waals surface area contributed by atoms with Gasteiger partial charge in [0.25, 0.3) is 0 Å². The van der Waals surface area contributed by atoms with Crippen LogP contribution in [-0.2, 0) is 28.9 Å². The van der Waals surface area contributed by atoms with Crippen LogP contribution < -0.4 is 5.32 Å². The van der Waals surface area contributed by atoms with Gasteiger partial charge in [0.1, 0.15) is 0 Å². The molecule has 0 fully saturated rings. The topological polar surface area (TPSA) is 75.2 Å². The molecule has 0 aliphatic carbocycles. The van der Waals surface area contributed by atoms with Gasteiger partial charge in [0, 0.05) is 18.5 Å². The number of aromatic nitrogens is 2. The molecular weight excluding hydrogens is 361 g/mol. The van der Waals surface area contributed by atoms with E-state index in [1.54, 1.807) is 12.4 Å². The van der Waals surface area contributed by atoms with E-state index in [4.69, 9.17) is 0 Å². The molecule has 6 nitrogen and oxygen atoms in total. The summed E-state index contributed by atoms with van der Waals surface area (Å²) >= 11 is 0. The second kappa shape index (κ2) is 7.56. The summed E-state index contributed by atoms with van der Waals surface area (Å²) in [6.45, 7) is 0.503. The van der Waals surface area contributed by atoms with Gasteiger partial charge in [-0.05, 0) is 23.8 Å². The van der Waals surface area contributed by atoms with Crippen molar-refractivity contribution in [2.24, 2.45) is 0 Å². The highest BCUT2D eigenvalue weighted by Gasteiger charge is 2.29. The summed E-state index contributed by atoms with van der Waals surface area (Å²) in [5.74, 6) is -0.790. The Bertz CT molecular complexity index is 854. The van der Waals surface area contributed by atoms with Gasteiger partial charge in [-0.25, -0.2) is 0 Å². The molecule has 1 aliphatic rings. The van der Waals surface area contributed by atoms with Crippen molar-refractivity contribution in [1.29, 1.82) is 0 Å². The number of halogens is 3. The highest BCUT2D eigenvalue weighted by molar-refractivity contribution is 5.94. The van der Waals surface area contributed by atoms with Gasteiger partial charge >= 0.3 is 6.18 Å². The van der Waals surface area contributed by atoms with E-state index in [-0.39, 0.29) is 12.5 Å². The standard InChI is InChI=1S/C18H15F3N4O2/c19-18(20,21)13-4-1-12(2-5-13)3-6-16(26)24-9-17(27)25-10-14-15(11-25)23-8-7-22-14/h1-8H,9-11H2,(H,24,26)/b6-3+. The Kier molecular flexibility index (Phi) is 5.20. The van der Waals surface area contributed by atoms with Crippen LogP contribution in [0.15, 0.2) is 42.7 Å². The second-order valence-corrected chi connectivity index (χ2v) is 5.87. The molecule has 0 unspecified atom stereocenters. The average Bonchev–Trinajstić information content (AvgIpc) is 3.08. The molecular formula is C18H15F3N4O2. The number of carbonyl (C=O) groups is 2. The van der Waals surface area contributed by atoms with Crippen LogP contribution in [0.2, 0.25) is 0 Å². The van der Waals surface area contributed by atoms with E-state index >= 15 is 0 Å². The molecule has 0 saturated carbocycles. The number of amides is 2. The summed E-state index contributed by atoms with van der Waals surface area (Å²) in [7, 11) is 0. The van der Waals surface area contributed by atoms with Crippen molar-refractivity contribution in [2.75, 3.05) is 6.54 Å². The van der Waals surface area contributed by atoms with Gasteiger partial charge in [-0.1, -0.05) is 12.1 Å². The first kappa shape index (κ1) is 18.6. The lowest BCUT2D eigenvalue weighted by Gasteiger charge is -2.14. The number of alkyl halides is 3. The van der Waals surface area contributed by atoms with E-state index in [0.29, 0.717) is 18.7 Å². The first-order valence-corrected chi connectivity index (χ1v) is 8.02. The number of fused-ring (bicyclic) bond motifs is 1. The Balaban J connectivity index is 1.48. The normalized spacial score (nSPS) is 13.7. The van der Waals surface area contributed by atoms with Crippen molar-refractivity contribution in [3.8, 4) is 0 Å². The maximum absolute atomic E-state index is 12.5. The van der Waals surface area contributed by atoms with Crippen LogP contribution in [0.1, 0.15) is 22.5 Å². The quantitative estimate of drug-likeness (QED) is 0.830. The zero-order chi connectivity index (χ0) is 19.4. The summed E-state index contributed by atoms with van der Waals surface area (Å²) < 4.78 is 37.5. The van der Waals surface area contributed by atoms with Crippen molar-refractivity contribution in [3.05, 3.63) is 65.2 Å². The summed E-state index contributed by atoms with van der Waals surface area (Å²) in [5.41, 5.74) is 1.15. The largest absolute Gasteiger partial charge is 0.416 e. The number of nitrogens with zero attached hydrogens (tertiary/aromatic N) is 3. The first-order chi connectivity index (χ1) is 12.8. The van der Waals surface area contributed by atoms with Crippen LogP contribution in [0.3, 0.4) is 0 Å². The number of hydrogen-bond acceptors (Lipinski definition) is 4. The first-order valence-electron chi connectivity index (χ1n) is 8.02.